The standard InChI is InChI=1S/C13H11NO4/c15-11-8-3-1-2-4-9(8)12(16)14(11)10(13(17)18)7-5-6-7/h1-4,7,10H,5-6H2,(H,17,18)/t10-/m0/s1. The van der Waals surface area contributed by atoms with Crippen molar-refractivity contribution in [3.05, 3.63) is 35.4 Å². The molecule has 0 radical (unpaired) electrons. The molecule has 1 aromatic carbocycles. The third-order valence-electron chi connectivity index (χ3n) is 3.43. The minimum atomic E-state index is -1.10. The van der Waals surface area contributed by atoms with Crippen molar-refractivity contribution >= 4 is 17.8 Å². The van der Waals surface area contributed by atoms with E-state index in [1.807, 2.05) is 0 Å². The molecule has 5 nitrogen and oxygen atoms in total. The summed E-state index contributed by atoms with van der Waals surface area (Å²) in [5.74, 6) is -2.18. The van der Waals surface area contributed by atoms with Crippen molar-refractivity contribution in [2.24, 2.45) is 5.92 Å². The maximum absolute atomic E-state index is 12.1. The van der Waals surface area contributed by atoms with E-state index in [2.05, 4.69) is 0 Å². The van der Waals surface area contributed by atoms with Gasteiger partial charge in [0.1, 0.15) is 6.04 Å². The molecular formula is C13H11NO4. The van der Waals surface area contributed by atoms with Gasteiger partial charge in [0.15, 0.2) is 0 Å². The average molecular weight is 245 g/mol. The molecular weight excluding hydrogens is 234 g/mol. The van der Waals surface area contributed by atoms with Crippen LogP contribution in [0.3, 0.4) is 0 Å². The molecule has 0 aromatic heterocycles. The number of carboxylic acids is 1. The molecule has 92 valence electrons. The quantitative estimate of drug-likeness (QED) is 0.810. The Bertz CT molecular complexity index is 527. The number of hydrogen-bond donors (Lipinski definition) is 1. The molecule has 2 amide bonds. The number of carbonyl (C=O) groups excluding carboxylic acids is 2. The largest absolute Gasteiger partial charge is 0.480 e. The van der Waals surface area contributed by atoms with Crippen molar-refractivity contribution in [2.75, 3.05) is 0 Å². The van der Waals surface area contributed by atoms with E-state index in [0.717, 1.165) is 17.7 Å². The Morgan fingerprint density at radius 1 is 1.17 bits per heavy atom. The summed E-state index contributed by atoms with van der Waals surface area (Å²) in [6.45, 7) is 0. The number of amides is 2. The lowest BCUT2D eigenvalue weighted by molar-refractivity contribution is -0.142. The van der Waals surface area contributed by atoms with E-state index in [1.54, 1.807) is 24.3 Å². The summed E-state index contributed by atoms with van der Waals surface area (Å²) in [4.78, 5) is 36.4. The van der Waals surface area contributed by atoms with Crippen molar-refractivity contribution in [2.45, 2.75) is 18.9 Å². The normalized spacial score (nSPS) is 19.9. The van der Waals surface area contributed by atoms with E-state index < -0.39 is 23.8 Å². The molecule has 18 heavy (non-hydrogen) atoms. The molecule has 2 aliphatic rings. The molecule has 1 atom stereocenters. The SMILES string of the molecule is O=C(O)[C@H](C1CC1)N1C(=O)c2ccccc2C1=O. The van der Waals surface area contributed by atoms with Crippen LogP contribution < -0.4 is 0 Å². The molecule has 1 saturated carbocycles. The molecule has 5 heteroatoms. The van der Waals surface area contributed by atoms with E-state index in [4.69, 9.17) is 0 Å². The predicted molar refractivity (Wildman–Crippen MR) is 61.1 cm³/mol. The highest BCUT2D eigenvalue weighted by Crippen LogP contribution is 2.38. The molecule has 0 bridgehead atoms. The number of aliphatic carboxylic acids is 1. The van der Waals surface area contributed by atoms with Gasteiger partial charge in [-0.3, -0.25) is 14.5 Å². The first kappa shape index (κ1) is 11.0. The lowest BCUT2D eigenvalue weighted by Crippen LogP contribution is -2.46. The number of rotatable bonds is 3. The van der Waals surface area contributed by atoms with E-state index in [1.165, 1.54) is 0 Å². The van der Waals surface area contributed by atoms with Crippen LogP contribution in [-0.2, 0) is 4.79 Å². The molecule has 1 fully saturated rings. The number of carbonyl (C=O) groups is 3. The zero-order valence-corrected chi connectivity index (χ0v) is 9.50. The Balaban J connectivity index is 2.03. The zero-order valence-electron chi connectivity index (χ0n) is 9.50. The number of hydrogen-bond acceptors (Lipinski definition) is 3. The van der Waals surface area contributed by atoms with Gasteiger partial charge >= 0.3 is 5.97 Å². The van der Waals surface area contributed by atoms with Gasteiger partial charge in [0.25, 0.3) is 11.8 Å². The third kappa shape index (κ3) is 1.44. The molecule has 0 unspecified atom stereocenters. The summed E-state index contributed by atoms with van der Waals surface area (Å²) in [5, 5.41) is 9.21. The van der Waals surface area contributed by atoms with Crippen LogP contribution in [0.4, 0.5) is 0 Å². The molecule has 1 heterocycles. The van der Waals surface area contributed by atoms with Crippen LogP contribution in [0.5, 0.6) is 0 Å². The molecule has 0 spiro atoms. The van der Waals surface area contributed by atoms with Crippen molar-refractivity contribution < 1.29 is 19.5 Å². The Morgan fingerprint density at radius 2 is 1.67 bits per heavy atom. The summed E-state index contributed by atoms with van der Waals surface area (Å²) in [7, 11) is 0. The van der Waals surface area contributed by atoms with Gasteiger partial charge in [-0.25, -0.2) is 4.79 Å². The van der Waals surface area contributed by atoms with Crippen LogP contribution in [0.1, 0.15) is 33.6 Å². The Kier molecular flexibility index (Phi) is 2.23. The van der Waals surface area contributed by atoms with Gasteiger partial charge in [-0.05, 0) is 30.9 Å². The number of nitrogens with zero attached hydrogens (tertiary/aromatic N) is 1. The number of carboxylic acid groups (broad SMARTS) is 1. The fourth-order valence-corrected chi connectivity index (χ4v) is 2.40. The minimum Gasteiger partial charge on any atom is -0.480 e. The van der Waals surface area contributed by atoms with Gasteiger partial charge in [-0.1, -0.05) is 12.1 Å². The molecule has 1 N–H and O–H groups in total. The summed E-state index contributed by atoms with van der Waals surface area (Å²) in [6.07, 6.45) is 1.51. The zero-order chi connectivity index (χ0) is 12.9. The maximum atomic E-state index is 12.1. The van der Waals surface area contributed by atoms with Crippen molar-refractivity contribution in [3.63, 3.8) is 0 Å². The van der Waals surface area contributed by atoms with Crippen LogP contribution in [-0.4, -0.2) is 33.8 Å². The first-order chi connectivity index (χ1) is 8.61. The lowest BCUT2D eigenvalue weighted by Gasteiger charge is -2.21. The van der Waals surface area contributed by atoms with Crippen LogP contribution in [0.25, 0.3) is 0 Å². The molecule has 3 rings (SSSR count). The van der Waals surface area contributed by atoms with Crippen molar-refractivity contribution in [3.8, 4) is 0 Å². The first-order valence-electron chi connectivity index (χ1n) is 5.81. The first-order valence-corrected chi connectivity index (χ1v) is 5.81. The topological polar surface area (TPSA) is 74.7 Å². The van der Waals surface area contributed by atoms with E-state index >= 15 is 0 Å². The van der Waals surface area contributed by atoms with Crippen LogP contribution >= 0.6 is 0 Å². The van der Waals surface area contributed by atoms with E-state index in [9.17, 15) is 19.5 Å². The molecule has 1 aliphatic heterocycles. The Labute approximate surface area is 103 Å². The highest BCUT2D eigenvalue weighted by Gasteiger charge is 2.49. The van der Waals surface area contributed by atoms with Gasteiger partial charge in [0.2, 0.25) is 0 Å². The predicted octanol–water partition coefficient (Wildman–Crippen LogP) is 1.15. The second-order valence-electron chi connectivity index (χ2n) is 4.65. The summed E-state index contributed by atoms with van der Waals surface area (Å²) in [6, 6.07) is 5.43. The Morgan fingerprint density at radius 3 is 2.06 bits per heavy atom. The second-order valence-corrected chi connectivity index (χ2v) is 4.65. The minimum absolute atomic E-state index is 0.0929. The number of fused-ring (bicyclic) bond motifs is 1. The van der Waals surface area contributed by atoms with Crippen LogP contribution in [0.15, 0.2) is 24.3 Å². The molecule has 1 aromatic rings. The third-order valence-corrected chi connectivity index (χ3v) is 3.43. The number of benzene rings is 1. The lowest BCUT2D eigenvalue weighted by atomic mass is 10.1. The van der Waals surface area contributed by atoms with Crippen LogP contribution in [0, 0.1) is 5.92 Å². The average Bonchev–Trinajstić information content (AvgIpc) is 3.14. The van der Waals surface area contributed by atoms with Crippen molar-refractivity contribution in [1.82, 2.24) is 4.90 Å². The highest BCUT2D eigenvalue weighted by atomic mass is 16.4. The van der Waals surface area contributed by atoms with Gasteiger partial charge in [-0.15, -0.1) is 0 Å². The summed E-state index contributed by atoms with van der Waals surface area (Å²) in [5.41, 5.74) is 0.601. The fourth-order valence-electron chi connectivity index (χ4n) is 2.40. The highest BCUT2D eigenvalue weighted by molar-refractivity contribution is 6.22. The fraction of sp³-hybridized carbons (Fsp3) is 0.308. The maximum Gasteiger partial charge on any atom is 0.327 e. The second kappa shape index (κ2) is 3.66. The van der Waals surface area contributed by atoms with Crippen LogP contribution in [0.2, 0.25) is 0 Å². The monoisotopic (exact) mass is 245 g/mol. The van der Waals surface area contributed by atoms with Gasteiger partial charge in [0.05, 0.1) is 11.1 Å². The van der Waals surface area contributed by atoms with Crippen molar-refractivity contribution in [1.29, 1.82) is 0 Å². The number of imide groups is 1. The van der Waals surface area contributed by atoms with Gasteiger partial charge in [0, 0.05) is 0 Å². The summed E-state index contributed by atoms with van der Waals surface area (Å²) < 4.78 is 0. The van der Waals surface area contributed by atoms with E-state index in [-0.39, 0.29) is 5.92 Å². The molecule has 1 aliphatic carbocycles. The smallest absolute Gasteiger partial charge is 0.327 e. The van der Waals surface area contributed by atoms with Gasteiger partial charge in [-0.2, -0.15) is 0 Å². The van der Waals surface area contributed by atoms with Gasteiger partial charge < -0.3 is 5.11 Å². The Hall–Kier alpha value is -2.17. The summed E-state index contributed by atoms with van der Waals surface area (Å²) >= 11 is 0. The van der Waals surface area contributed by atoms with E-state index in [0.29, 0.717) is 11.1 Å². The molecule has 0 saturated heterocycles.